The maximum atomic E-state index is 13.5. The van der Waals surface area contributed by atoms with Gasteiger partial charge >= 0.3 is 0 Å². The second-order valence-corrected chi connectivity index (χ2v) is 8.17. The predicted molar refractivity (Wildman–Crippen MR) is 111 cm³/mol. The smallest absolute Gasteiger partial charge is 0.254 e. The van der Waals surface area contributed by atoms with E-state index in [0.29, 0.717) is 19.7 Å². The zero-order valence-electron chi connectivity index (χ0n) is 17.0. The second-order valence-electron chi connectivity index (χ2n) is 8.17. The minimum Gasteiger partial charge on any atom is -0.368 e. The summed E-state index contributed by atoms with van der Waals surface area (Å²) in [5.41, 5.74) is 5.76. The van der Waals surface area contributed by atoms with Crippen molar-refractivity contribution in [2.45, 2.75) is 45.1 Å². The molecule has 1 N–H and O–H groups in total. The Morgan fingerprint density at radius 3 is 2.90 bits per heavy atom. The Labute approximate surface area is 170 Å². The van der Waals surface area contributed by atoms with E-state index in [0.717, 1.165) is 53.5 Å². The maximum Gasteiger partial charge on any atom is 0.254 e. The van der Waals surface area contributed by atoms with Gasteiger partial charge in [-0.1, -0.05) is 13.0 Å². The summed E-state index contributed by atoms with van der Waals surface area (Å²) < 4.78 is 6.23. The molecule has 150 valence electrons. The summed E-state index contributed by atoms with van der Waals surface area (Å²) in [5.74, 6) is 0.0873. The van der Waals surface area contributed by atoms with Crippen LogP contribution in [0.25, 0.3) is 10.9 Å². The third kappa shape index (κ3) is 3.02. The molecule has 2 aliphatic heterocycles. The minimum atomic E-state index is -0.327. The molecule has 0 radical (unpaired) electrons. The van der Waals surface area contributed by atoms with Crippen LogP contribution < -0.4 is 0 Å². The van der Waals surface area contributed by atoms with Crippen LogP contribution in [0.1, 0.15) is 52.6 Å². The van der Waals surface area contributed by atoms with Crippen LogP contribution in [0.5, 0.6) is 0 Å². The van der Waals surface area contributed by atoms with Gasteiger partial charge in [-0.05, 0) is 61.9 Å². The highest BCUT2D eigenvalue weighted by atomic mass is 16.5. The molecule has 0 atom stereocenters. The average Bonchev–Trinajstić information content (AvgIpc) is 3.23. The van der Waals surface area contributed by atoms with Crippen molar-refractivity contribution in [3.05, 3.63) is 58.5 Å². The average molecular weight is 390 g/mol. The van der Waals surface area contributed by atoms with Crippen molar-refractivity contribution >= 4 is 16.8 Å². The number of carbonyl (C=O) groups excluding carboxylic acids is 1. The second kappa shape index (κ2) is 6.95. The zero-order valence-corrected chi connectivity index (χ0v) is 17.0. The third-order valence-electron chi connectivity index (χ3n) is 6.42. The number of likely N-dealkylation sites (tertiary alicyclic amines) is 1. The molecule has 0 bridgehead atoms. The zero-order chi connectivity index (χ0) is 20.0. The highest BCUT2D eigenvalue weighted by Crippen LogP contribution is 2.40. The van der Waals surface area contributed by atoms with Crippen LogP contribution in [0, 0.1) is 6.92 Å². The topological polar surface area (TPSA) is 71.1 Å². The number of aryl methyl sites for hydroxylation is 2. The van der Waals surface area contributed by atoms with Crippen LogP contribution in [0.4, 0.5) is 0 Å². The quantitative estimate of drug-likeness (QED) is 0.727. The Hall–Kier alpha value is -2.73. The van der Waals surface area contributed by atoms with Crippen molar-refractivity contribution in [1.82, 2.24) is 20.1 Å². The number of hydrogen-bond acceptors (Lipinski definition) is 4. The number of fused-ring (bicyclic) bond motifs is 3. The van der Waals surface area contributed by atoms with Crippen LogP contribution >= 0.6 is 0 Å². The van der Waals surface area contributed by atoms with Crippen molar-refractivity contribution in [1.29, 1.82) is 0 Å². The number of carbonyl (C=O) groups is 1. The number of amides is 1. The lowest BCUT2D eigenvalue weighted by Gasteiger charge is -2.43. The fraction of sp³-hybridized carbons (Fsp3) is 0.435. The molecule has 6 nitrogen and oxygen atoms in total. The molecular formula is C23H26N4O2. The standard InChI is InChI=1S/C23H26N4O2/c1-3-16-4-5-20-18(13-16)19(12-15(2)25-20)22(28)27-9-7-23(8-10-27)21-17(6-11-29-23)14-24-26-21/h4-5,12-14H,3,6-11H2,1-2H3,(H,24,26). The summed E-state index contributed by atoms with van der Waals surface area (Å²) in [6, 6.07) is 8.16. The lowest BCUT2D eigenvalue weighted by atomic mass is 9.83. The molecule has 6 heteroatoms. The fourth-order valence-electron chi connectivity index (χ4n) is 4.76. The summed E-state index contributed by atoms with van der Waals surface area (Å²) in [7, 11) is 0. The number of aromatic nitrogens is 3. The number of nitrogens with one attached hydrogen (secondary N) is 1. The van der Waals surface area contributed by atoms with Gasteiger partial charge in [-0.15, -0.1) is 0 Å². The van der Waals surface area contributed by atoms with Gasteiger partial charge in [0.1, 0.15) is 5.60 Å². The van der Waals surface area contributed by atoms with Gasteiger partial charge in [0, 0.05) is 24.2 Å². The van der Waals surface area contributed by atoms with E-state index in [9.17, 15) is 4.79 Å². The Morgan fingerprint density at radius 1 is 1.28 bits per heavy atom. The Morgan fingerprint density at radius 2 is 2.10 bits per heavy atom. The van der Waals surface area contributed by atoms with Gasteiger partial charge in [0.2, 0.25) is 0 Å². The summed E-state index contributed by atoms with van der Waals surface area (Å²) in [5, 5.41) is 8.32. The first-order chi connectivity index (χ1) is 14.1. The maximum absolute atomic E-state index is 13.5. The first kappa shape index (κ1) is 18.3. The van der Waals surface area contributed by atoms with E-state index in [1.807, 2.05) is 30.2 Å². The SMILES string of the molecule is CCc1ccc2nc(C)cc(C(=O)N3CCC4(CC3)OCCc3cn[nH]c34)c2c1. The molecule has 29 heavy (non-hydrogen) atoms. The minimum absolute atomic E-state index is 0.0873. The number of piperidine rings is 1. The van der Waals surface area contributed by atoms with Gasteiger partial charge in [0.05, 0.1) is 29.6 Å². The molecule has 0 unspecified atom stereocenters. The third-order valence-corrected chi connectivity index (χ3v) is 6.42. The van der Waals surface area contributed by atoms with Crippen LogP contribution in [0.2, 0.25) is 0 Å². The summed E-state index contributed by atoms with van der Waals surface area (Å²) in [4.78, 5) is 20.1. The molecule has 3 aromatic rings. The van der Waals surface area contributed by atoms with Crippen LogP contribution in [0.3, 0.4) is 0 Å². The summed E-state index contributed by atoms with van der Waals surface area (Å²) >= 11 is 0. The number of nitrogens with zero attached hydrogens (tertiary/aromatic N) is 3. The lowest BCUT2D eigenvalue weighted by molar-refractivity contribution is -0.0962. The molecule has 0 aliphatic carbocycles. The Balaban J connectivity index is 1.43. The molecule has 2 aliphatic rings. The molecule has 0 saturated carbocycles. The number of H-pyrrole nitrogens is 1. The number of hydrogen-bond donors (Lipinski definition) is 1. The van der Waals surface area contributed by atoms with Crippen LogP contribution in [-0.4, -0.2) is 45.7 Å². The largest absolute Gasteiger partial charge is 0.368 e. The van der Waals surface area contributed by atoms with E-state index in [1.165, 1.54) is 11.1 Å². The molecule has 1 spiro atoms. The molecule has 4 heterocycles. The van der Waals surface area contributed by atoms with Crippen molar-refractivity contribution in [2.75, 3.05) is 19.7 Å². The molecule has 1 saturated heterocycles. The van der Waals surface area contributed by atoms with Crippen molar-refractivity contribution in [3.63, 3.8) is 0 Å². The highest BCUT2D eigenvalue weighted by Gasteiger charge is 2.43. The lowest BCUT2D eigenvalue weighted by Crippen LogP contribution is -2.48. The molecular weight excluding hydrogens is 364 g/mol. The van der Waals surface area contributed by atoms with Gasteiger partial charge in [-0.3, -0.25) is 14.9 Å². The summed E-state index contributed by atoms with van der Waals surface area (Å²) in [6.07, 6.45) is 5.33. The van der Waals surface area contributed by atoms with Gasteiger partial charge in [-0.2, -0.15) is 5.10 Å². The van der Waals surface area contributed by atoms with E-state index in [-0.39, 0.29) is 11.5 Å². The van der Waals surface area contributed by atoms with E-state index in [2.05, 4.69) is 34.2 Å². The van der Waals surface area contributed by atoms with Crippen LogP contribution in [-0.2, 0) is 23.2 Å². The number of rotatable bonds is 2. The monoisotopic (exact) mass is 390 g/mol. The van der Waals surface area contributed by atoms with Crippen molar-refractivity contribution in [2.24, 2.45) is 0 Å². The van der Waals surface area contributed by atoms with Crippen molar-refractivity contribution in [3.8, 4) is 0 Å². The van der Waals surface area contributed by atoms with Gasteiger partial charge < -0.3 is 9.64 Å². The van der Waals surface area contributed by atoms with Crippen LogP contribution in [0.15, 0.2) is 30.5 Å². The molecule has 1 amide bonds. The summed E-state index contributed by atoms with van der Waals surface area (Å²) in [6.45, 7) is 6.14. The molecule has 1 aromatic carbocycles. The Bertz CT molecular complexity index is 1080. The van der Waals surface area contributed by atoms with Gasteiger partial charge in [0.15, 0.2) is 0 Å². The number of benzene rings is 1. The van der Waals surface area contributed by atoms with Crippen molar-refractivity contribution < 1.29 is 9.53 Å². The highest BCUT2D eigenvalue weighted by molar-refractivity contribution is 6.06. The normalized spacial score (nSPS) is 18.2. The number of aromatic amines is 1. The number of pyridine rings is 1. The molecule has 2 aromatic heterocycles. The van der Waals surface area contributed by atoms with Gasteiger partial charge in [0.25, 0.3) is 5.91 Å². The van der Waals surface area contributed by atoms with E-state index >= 15 is 0 Å². The van der Waals surface area contributed by atoms with E-state index in [1.54, 1.807) is 0 Å². The number of ether oxygens (including phenoxy) is 1. The Kier molecular flexibility index (Phi) is 4.39. The molecule has 1 fully saturated rings. The fourth-order valence-corrected chi connectivity index (χ4v) is 4.76. The predicted octanol–water partition coefficient (Wildman–Crippen LogP) is 3.53. The molecule has 5 rings (SSSR count). The first-order valence-corrected chi connectivity index (χ1v) is 10.5. The van der Waals surface area contributed by atoms with Gasteiger partial charge in [-0.25, -0.2) is 0 Å². The van der Waals surface area contributed by atoms with E-state index in [4.69, 9.17) is 4.74 Å². The first-order valence-electron chi connectivity index (χ1n) is 10.5. The van der Waals surface area contributed by atoms with E-state index < -0.39 is 0 Å².